The molecule has 5 nitrogen and oxygen atoms in total. The average Bonchev–Trinajstić information content (AvgIpc) is 3.36. The molecule has 2 aromatic heterocycles. The Kier molecular flexibility index (Phi) is 5.77. The maximum Gasteiger partial charge on any atom is 0.238 e. The first-order valence-corrected chi connectivity index (χ1v) is 10.2. The van der Waals surface area contributed by atoms with Crippen LogP contribution in [0.3, 0.4) is 0 Å². The van der Waals surface area contributed by atoms with Crippen molar-refractivity contribution in [2.45, 2.75) is 25.5 Å². The van der Waals surface area contributed by atoms with Crippen molar-refractivity contribution >= 4 is 33.8 Å². The van der Waals surface area contributed by atoms with E-state index in [0.29, 0.717) is 6.54 Å². The van der Waals surface area contributed by atoms with E-state index in [0.717, 1.165) is 49.1 Å². The van der Waals surface area contributed by atoms with Crippen LogP contribution >= 0.6 is 11.3 Å². The molecule has 3 heterocycles. The van der Waals surface area contributed by atoms with Gasteiger partial charge in [-0.3, -0.25) is 14.7 Å². The van der Waals surface area contributed by atoms with Gasteiger partial charge in [0.2, 0.25) is 5.91 Å². The van der Waals surface area contributed by atoms with Gasteiger partial charge in [0.1, 0.15) is 0 Å². The molecule has 1 amide bonds. The highest BCUT2D eigenvalue weighted by atomic mass is 32.1. The Hall–Kier alpha value is -2.28. The number of carbonyl (C=O) groups is 1. The van der Waals surface area contributed by atoms with Crippen molar-refractivity contribution in [2.75, 3.05) is 25.0 Å². The molecule has 1 N–H and O–H groups in total. The molecule has 0 spiro atoms. The van der Waals surface area contributed by atoms with Crippen LogP contribution < -0.4 is 5.32 Å². The predicted octanol–water partition coefficient (Wildman–Crippen LogP) is 3.92. The van der Waals surface area contributed by atoms with Gasteiger partial charge in [-0.2, -0.15) is 0 Å². The smallest absolute Gasteiger partial charge is 0.238 e. The van der Waals surface area contributed by atoms with E-state index in [1.165, 1.54) is 4.88 Å². The van der Waals surface area contributed by atoms with Gasteiger partial charge in [0.15, 0.2) is 0 Å². The van der Waals surface area contributed by atoms with Crippen molar-refractivity contribution in [1.29, 1.82) is 0 Å². The highest BCUT2D eigenvalue weighted by Crippen LogP contribution is 2.22. The molecule has 1 fully saturated rings. The van der Waals surface area contributed by atoms with Crippen molar-refractivity contribution in [1.82, 2.24) is 9.88 Å². The van der Waals surface area contributed by atoms with Crippen LogP contribution in [0.1, 0.15) is 17.7 Å². The van der Waals surface area contributed by atoms with Gasteiger partial charge in [-0.15, -0.1) is 11.3 Å². The summed E-state index contributed by atoms with van der Waals surface area (Å²) < 4.78 is 5.78. The van der Waals surface area contributed by atoms with Crippen molar-refractivity contribution in [3.05, 3.63) is 58.9 Å². The number of amides is 1. The quantitative estimate of drug-likeness (QED) is 0.674. The van der Waals surface area contributed by atoms with Gasteiger partial charge in [-0.25, -0.2) is 0 Å². The van der Waals surface area contributed by atoms with E-state index in [2.05, 4.69) is 26.6 Å². The van der Waals surface area contributed by atoms with Crippen LogP contribution in [0.25, 0.3) is 10.9 Å². The Labute approximate surface area is 163 Å². The van der Waals surface area contributed by atoms with Crippen molar-refractivity contribution in [2.24, 2.45) is 0 Å². The zero-order valence-electron chi connectivity index (χ0n) is 15.1. The summed E-state index contributed by atoms with van der Waals surface area (Å²) in [4.78, 5) is 20.6. The maximum absolute atomic E-state index is 12.8. The van der Waals surface area contributed by atoms with E-state index in [1.807, 2.05) is 36.4 Å². The lowest BCUT2D eigenvalue weighted by molar-refractivity contribution is -0.117. The second-order valence-electron chi connectivity index (χ2n) is 6.81. The van der Waals surface area contributed by atoms with Crippen molar-refractivity contribution in [3.8, 4) is 0 Å². The highest BCUT2D eigenvalue weighted by Gasteiger charge is 2.21. The van der Waals surface area contributed by atoms with Gasteiger partial charge in [0, 0.05) is 36.2 Å². The number of fused-ring (bicyclic) bond motifs is 1. The largest absolute Gasteiger partial charge is 0.377 e. The molecule has 6 heteroatoms. The van der Waals surface area contributed by atoms with Gasteiger partial charge >= 0.3 is 0 Å². The normalized spacial score (nSPS) is 16.9. The number of aromatic nitrogens is 1. The fourth-order valence-electron chi connectivity index (χ4n) is 3.49. The maximum atomic E-state index is 12.8. The lowest BCUT2D eigenvalue weighted by atomic mass is 10.2. The molecule has 27 heavy (non-hydrogen) atoms. The molecule has 1 aliphatic rings. The fourth-order valence-corrected chi connectivity index (χ4v) is 4.24. The van der Waals surface area contributed by atoms with E-state index in [-0.39, 0.29) is 12.0 Å². The Balaban J connectivity index is 1.45. The molecule has 0 bridgehead atoms. The Morgan fingerprint density at radius 3 is 3.04 bits per heavy atom. The molecule has 0 radical (unpaired) electrons. The molecule has 0 aliphatic carbocycles. The van der Waals surface area contributed by atoms with Gasteiger partial charge in [0.25, 0.3) is 0 Å². The Bertz CT molecular complexity index is 886. The predicted molar refractivity (Wildman–Crippen MR) is 109 cm³/mol. The second-order valence-corrected chi connectivity index (χ2v) is 7.84. The summed E-state index contributed by atoms with van der Waals surface area (Å²) in [7, 11) is 0. The number of hydrogen-bond donors (Lipinski definition) is 1. The first kappa shape index (κ1) is 18.1. The summed E-state index contributed by atoms with van der Waals surface area (Å²) in [5.74, 6) is -0.0130. The average molecular weight is 382 g/mol. The van der Waals surface area contributed by atoms with Crippen LogP contribution in [0.15, 0.2) is 54.0 Å². The summed E-state index contributed by atoms with van der Waals surface area (Å²) >= 11 is 1.72. The minimum Gasteiger partial charge on any atom is -0.377 e. The first-order valence-electron chi connectivity index (χ1n) is 9.28. The third kappa shape index (κ3) is 4.71. The summed E-state index contributed by atoms with van der Waals surface area (Å²) in [6, 6.07) is 13.8. The first-order chi connectivity index (χ1) is 13.3. The minimum absolute atomic E-state index is 0.0130. The van der Waals surface area contributed by atoms with Crippen LogP contribution in [0.2, 0.25) is 0 Å². The summed E-state index contributed by atoms with van der Waals surface area (Å²) in [5, 5.41) is 6.09. The zero-order chi connectivity index (χ0) is 18.5. The van der Waals surface area contributed by atoms with Crippen LogP contribution in [0, 0.1) is 0 Å². The topological polar surface area (TPSA) is 54.5 Å². The van der Waals surface area contributed by atoms with Crippen LogP contribution in [0.4, 0.5) is 5.69 Å². The van der Waals surface area contributed by atoms with Crippen molar-refractivity contribution in [3.63, 3.8) is 0 Å². The number of hydrogen-bond acceptors (Lipinski definition) is 5. The number of nitrogens with one attached hydrogen (secondary N) is 1. The number of anilines is 1. The number of benzene rings is 1. The Morgan fingerprint density at radius 1 is 1.26 bits per heavy atom. The molecule has 1 unspecified atom stereocenters. The van der Waals surface area contributed by atoms with Gasteiger partial charge < -0.3 is 10.1 Å². The van der Waals surface area contributed by atoms with Gasteiger partial charge in [0.05, 0.1) is 23.9 Å². The molecular weight excluding hydrogens is 358 g/mol. The zero-order valence-corrected chi connectivity index (χ0v) is 16.0. The number of rotatable bonds is 7. The number of pyridine rings is 1. The molecule has 1 aliphatic heterocycles. The molecule has 3 aromatic rings. The monoisotopic (exact) mass is 381 g/mol. The SMILES string of the molecule is O=C(CN(Cc1cccs1)CC1CCCO1)Nc1cccc2ncccc12. The van der Waals surface area contributed by atoms with Crippen molar-refractivity contribution < 1.29 is 9.53 Å². The third-order valence-corrected chi connectivity index (χ3v) is 5.59. The third-order valence-electron chi connectivity index (χ3n) is 4.73. The summed E-state index contributed by atoms with van der Waals surface area (Å²) in [6.45, 7) is 2.71. The fraction of sp³-hybridized carbons (Fsp3) is 0.333. The van der Waals surface area contributed by atoms with E-state index in [1.54, 1.807) is 17.5 Å². The highest BCUT2D eigenvalue weighted by molar-refractivity contribution is 7.09. The molecule has 1 atom stereocenters. The lowest BCUT2D eigenvalue weighted by Gasteiger charge is -2.24. The van der Waals surface area contributed by atoms with E-state index < -0.39 is 0 Å². The number of nitrogens with zero attached hydrogens (tertiary/aromatic N) is 2. The van der Waals surface area contributed by atoms with Gasteiger partial charge in [-0.05, 0) is 48.6 Å². The summed E-state index contributed by atoms with van der Waals surface area (Å²) in [5.41, 5.74) is 1.68. The van der Waals surface area contributed by atoms with E-state index in [4.69, 9.17) is 4.74 Å². The summed E-state index contributed by atoms with van der Waals surface area (Å²) in [6.07, 6.45) is 4.15. The van der Waals surface area contributed by atoms with Gasteiger partial charge in [-0.1, -0.05) is 12.1 Å². The molecule has 0 saturated carbocycles. The Morgan fingerprint density at radius 2 is 2.22 bits per heavy atom. The number of ether oxygens (including phenoxy) is 1. The molecular formula is C21H23N3O2S. The second kappa shape index (κ2) is 8.61. The number of carbonyl (C=O) groups excluding carboxylic acids is 1. The minimum atomic E-state index is -0.0130. The standard InChI is InChI=1S/C21H23N3O2S/c25-21(23-20-9-1-8-19-18(20)7-2-10-22-19)15-24(13-16-5-3-11-26-16)14-17-6-4-12-27-17/h1-2,4,6-10,12,16H,3,5,11,13-15H2,(H,23,25). The molecule has 4 rings (SSSR count). The molecule has 1 aromatic carbocycles. The number of thiophene rings is 1. The van der Waals surface area contributed by atoms with Crippen LogP contribution in [-0.2, 0) is 16.1 Å². The lowest BCUT2D eigenvalue weighted by Crippen LogP contribution is -2.37. The molecule has 140 valence electrons. The molecule has 1 saturated heterocycles. The van der Waals surface area contributed by atoms with Crippen LogP contribution in [0.5, 0.6) is 0 Å². The van der Waals surface area contributed by atoms with Crippen LogP contribution in [-0.4, -0.2) is 41.6 Å². The van der Waals surface area contributed by atoms with E-state index >= 15 is 0 Å². The van der Waals surface area contributed by atoms with E-state index in [9.17, 15) is 4.79 Å².